The average Bonchev–Trinajstić information content (AvgIpc) is 3.57. The first-order chi connectivity index (χ1) is 19.1. The summed E-state index contributed by atoms with van der Waals surface area (Å²) in [5, 5.41) is 7.44. The molecule has 0 aliphatic heterocycles. The Balaban J connectivity index is 1.40. The molecule has 0 N–H and O–H groups in total. The van der Waals surface area contributed by atoms with E-state index in [1.165, 1.54) is 54.8 Å². The number of aromatic nitrogens is 1. The fraction of sp³-hybridized carbons (Fsp3) is 0.0811. The number of hydrogen-bond acceptors (Lipinski definition) is 1. The van der Waals surface area contributed by atoms with Crippen molar-refractivity contribution in [1.29, 1.82) is 0 Å². The van der Waals surface area contributed by atoms with Crippen LogP contribution >= 0.6 is 0 Å². The third-order valence-electron chi connectivity index (χ3n) is 8.98. The molecule has 184 valence electrons. The lowest BCUT2D eigenvalue weighted by Crippen LogP contribution is -2.14. The van der Waals surface area contributed by atoms with Crippen LogP contribution in [0.3, 0.4) is 0 Å². The second-order valence-electron chi connectivity index (χ2n) is 11.4. The maximum atomic E-state index is 6.29. The average molecular weight is 500 g/mol. The predicted molar refractivity (Wildman–Crippen MR) is 163 cm³/mol. The van der Waals surface area contributed by atoms with Crippen LogP contribution in [0.4, 0.5) is 0 Å². The molecule has 0 radical (unpaired) electrons. The normalized spacial score (nSPS) is 14.1. The first kappa shape index (κ1) is 21.2. The van der Waals surface area contributed by atoms with Gasteiger partial charge in [0, 0.05) is 38.7 Å². The first-order valence-electron chi connectivity index (χ1n) is 13.6. The molecule has 0 unspecified atom stereocenters. The number of benzene rings is 6. The molecule has 9 rings (SSSR count). The van der Waals surface area contributed by atoms with Crippen molar-refractivity contribution in [3.05, 3.63) is 126 Å². The molecule has 1 aliphatic rings. The largest absolute Gasteiger partial charge is 0.456 e. The molecular weight excluding hydrogens is 474 g/mol. The lowest BCUT2D eigenvalue weighted by molar-refractivity contribution is 0.661. The number of nitrogens with zero attached hydrogens (tertiary/aromatic N) is 1. The zero-order valence-corrected chi connectivity index (χ0v) is 21.8. The zero-order valence-electron chi connectivity index (χ0n) is 21.8. The van der Waals surface area contributed by atoms with E-state index in [1.54, 1.807) is 0 Å². The van der Waals surface area contributed by atoms with Gasteiger partial charge in [0.1, 0.15) is 11.2 Å². The highest BCUT2D eigenvalue weighted by atomic mass is 16.3. The third kappa shape index (κ3) is 2.66. The summed E-state index contributed by atoms with van der Waals surface area (Å²) in [5.41, 5.74) is 10.9. The summed E-state index contributed by atoms with van der Waals surface area (Å²) in [6.07, 6.45) is 0. The van der Waals surface area contributed by atoms with Gasteiger partial charge >= 0.3 is 0 Å². The van der Waals surface area contributed by atoms with Crippen LogP contribution in [-0.4, -0.2) is 4.57 Å². The quantitative estimate of drug-likeness (QED) is 0.220. The van der Waals surface area contributed by atoms with E-state index in [2.05, 4.69) is 122 Å². The monoisotopic (exact) mass is 499 g/mol. The Morgan fingerprint density at radius 3 is 2.23 bits per heavy atom. The second kappa shape index (κ2) is 7.18. The van der Waals surface area contributed by atoms with Crippen molar-refractivity contribution in [2.45, 2.75) is 19.3 Å². The number of para-hydroxylation sites is 2. The second-order valence-corrected chi connectivity index (χ2v) is 11.4. The molecule has 0 amide bonds. The summed E-state index contributed by atoms with van der Waals surface area (Å²) in [5.74, 6) is 0. The summed E-state index contributed by atoms with van der Waals surface area (Å²) in [7, 11) is 0. The highest BCUT2D eigenvalue weighted by Crippen LogP contribution is 2.52. The molecule has 1 aliphatic carbocycles. The van der Waals surface area contributed by atoms with Crippen LogP contribution < -0.4 is 0 Å². The van der Waals surface area contributed by atoms with Gasteiger partial charge in [-0.1, -0.05) is 86.6 Å². The van der Waals surface area contributed by atoms with Gasteiger partial charge in [-0.15, -0.1) is 0 Å². The topological polar surface area (TPSA) is 18.1 Å². The molecule has 0 spiro atoms. The van der Waals surface area contributed by atoms with Crippen molar-refractivity contribution in [3.8, 4) is 16.8 Å². The summed E-state index contributed by atoms with van der Waals surface area (Å²) in [6.45, 7) is 4.70. The highest BCUT2D eigenvalue weighted by Gasteiger charge is 2.36. The summed E-state index contributed by atoms with van der Waals surface area (Å²) in [6, 6.07) is 42.0. The Morgan fingerprint density at radius 2 is 1.31 bits per heavy atom. The molecule has 8 aromatic rings. The van der Waals surface area contributed by atoms with Crippen molar-refractivity contribution >= 4 is 54.5 Å². The molecule has 2 aromatic heterocycles. The SMILES string of the molecule is CC1(C)c2ccccc2-c2c1ccc1cc3c4ccccc4n(-c4ccc5c(c4)oc4ccccc45)c3cc21. The van der Waals surface area contributed by atoms with Crippen molar-refractivity contribution in [2.75, 3.05) is 0 Å². The van der Waals surface area contributed by atoms with E-state index in [9.17, 15) is 0 Å². The van der Waals surface area contributed by atoms with Gasteiger partial charge in [-0.3, -0.25) is 0 Å². The van der Waals surface area contributed by atoms with E-state index in [0.717, 1.165) is 27.6 Å². The third-order valence-corrected chi connectivity index (χ3v) is 8.98. The van der Waals surface area contributed by atoms with Crippen molar-refractivity contribution < 1.29 is 4.42 Å². The smallest absolute Gasteiger partial charge is 0.137 e. The van der Waals surface area contributed by atoms with Crippen molar-refractivity contribution in [3.63, 3.8) is 0 Å². The van der Waals surface area contributed by atoms with Gasteiger partial charge < -0.3 is 8.98 Å². The van der Waals surface area contributed by atoms with Gasteiger partial charge in [0.05, 0.1) is 11.0 Å². The van der Waals surface area contributed by atoms with E-state index < -0.39 is 0 Å². The van der Waals surface area contributed by atoms with Gasteiger partial charge in [-0.05, 0) is 69.4 Å². The van der Waals surface area contributed by atoms with Gasteiger partial charge in [0.2, 0.25) is 0 Å². The number of furan rings is 1. The zero-order chi connectivity index (χ0) is 25.9. The van der Waals surface area contributed by atoms with Gasteiger partial charge in [0.15, 0.2) is 0 Å². The Morgan fingerprint density at radius 1 is 0.538 bits per heavy atom. The molecule has 2 heterocycles. The van der Waals surface area contributed by atoms with Crippen LogP contribution in [0.2, 0.25) is 0 Å². The minimum Gasteiger partial charge on any atom is -0.456 e. The van der Waals surface area contributed by atoms with E-state index >= 15 is 0 Å². The Hall–Kier alpha value is -4.82. The van der Waals surface area contributed by atoms with E-state index in [-0.39, 0.29) is 5.41 Å². The minimum atomic E-state index is -0.0197. The molecule has 0 bridgehead atoms. The van der Waals surface area contributed by atoms with Gasteiger partial charge in [0.25, 0.3) is 0 Å². The summed E-state index contributed by atoms with van der Waals surface area (Å²) >= 11 is 0. The van der Waals surface area contributed by atoms with E-state index in [0.29, 0.717) is 0 Å². The fourth-order valence-corrected chi connectivity index (χ4v) is 7.12. The molecule has 0 saturated heterocycles. The minimum absolute atomic E-state index is 0.0197. The summed E-state index contributed by atoms with van der Waals surface area (Å²) in [4.78, 5) is 0. The van der Waals surface area contributed by atoms with Crippen LogP contribution in [0, 0.1) is 0 Å². The Bertz CT molecular complexity index is 2310. The lowest BCUT2D eigenvalue weighted by atomic mass is 9.82. The number of hydrogen-bond donors (Lipinski definition) is 0. The van der Waals surface area contributed by atoms with Gasteiger partial charge in [-0.25, -0.2) is 0 Å². The summed E-state index contributed by atoms with van der Waals surface area (Å²) < 4.78 is 8.70. The van der Waals surface area contributed by atoms with Gasteiger partial charge in [-0.2, -0.15) is 0 Å². The Labute approximate surface area is 225 Å². The van der Waals surface area contributed by atoms with E-state index in [1.807, 2.05) is 12.1 Å². The van der Waals surface area contributed by atoms with Crippen LogP contribution in [0.15, 0.2) is 120 Å². The maximum Gasteiger partial charge on any atom is 0.137 e. The molecule has 6 aromatic carbocycles. The molecule has 39 heavy (non-hydrogen) atoms. The van der Waals surface area contributed by atoms with Crippen LogP contribution in [0.5, 0.6) is 0 Å². The standard InChI is InChI=1S/C37H25NO/c1-37(2)30-12-6-3-11-27(30)36-28-21-33-29(19-22(28)15-18-31(36)37)24-9-4-7-13-32(24)38(33)23-16-17-26-25-10-5-8-14-34(25)39-35(26)20-23/h3-21H,1-2H3. The van der Waals surface area contributed by atoms with Crippen LogP contribution in [0.25, 0.3) is 71.3 Å². The lowest BCUT2D eigenvalue weighted by Gasteiger charge is -2.21. The predicted octanol–water partition coefficient (Wildman–Crippen LogP) is 10.1. The first-order valence-corrected chi connectivity index (χ1v) is 13.6. The molecule has 0 fully saturated rings. The highest BCUT2D eigenvalue weighted by molar-refractivity contribution is 6.16. The fourth-order valence-electron chi connectivity index (χ4n) is 7.12. The molecule has 2 heteroatoms. The van der Waals surface area contributed by atoms with Crippen LogP contribution in [-0.2, 0) is 5.41 Å². The Kier molecular flexibility index (Phi) is 3.89. The van der Waals surface area contributed by atoms with E-state index in [4.69, 9.17) is 4.42 Å². The number of fused-ring (bicyclic) bond motifs is 11. The van der Waals surface area contributed by atoms with Crippen molar-refractivity contribution in [1.82, 2.24) is 4.57 Å². The number of rotatable bonds is 1. The molecule has 0 atom stereocenters. The van der Waals surface area contributed by atoms with Crippen molar-refractivity contribution in [2.24, 2.45) is 0 Å². The van der Waals surface area contributed by atoms with Crippen LogP contribution in [0.1, 0.15) is 25.0 Å². The maximum absolute atomic E-state index is 6.29. The molecular formula is C37H25NO. The molecule has 0 saturated carbocycles. The molecule has 2 nitrogen and oxygen atoms in total.